The molecule has 1 saturated heterocycles. The predicted octanol–water partition coefficient (Wildman–Crippen LogP) is 3.56. The van der Waals surface area contributed by atoms with Crippen molar-refractivity contribution in [3.05, 3.63) is 53.7 Å². The van der Waals surface area contributed by atoms with Gasteiger partial charge < -0.3 is 9.64 Å². The molecule has 1 atom stereocenters. The lowest BCUT2D eigenvalue weighted by Crippen LogP contribution is -2.35. The molecule has 2 aliphatic heterocycles. The van der Waals surface area contributed by atoms with Gasteiger partial charge in [-0.25, -0.2) is 4.98 Å². The summed E-state index contributed by atoms with van der Waals surface area (Å²) in [7, 11) is 0. The number of amides is 1. The van der Waals surface area contributed by atoms with E-state index in [1.54, 1.807) is 18.3 Å². The Morgan fingerprint density at radius 2 is 2.21 bits per heavy atom. The van der Waals surface area contributed by atoms with E-state index in [9.17, 15) is 4.79 Å². The Kier molecular flexibility index (Phi) is 4.43. The lowest BCUT2D eigenvalue weighted by molar-refractivity contribution is 0.0984. The predicted molar refractivity (Wildman–Crippen MR) is 97.0 cm³/mol. The second-order valence-electron chi connectivity index (χ2n) is 6.18. The maximum atomic E-state index is 13.0. The number of para-hydroxylation sites is 1. The number of benzene rings is 1. The fourth-order valence-electron chi connectivity index (χ4n) is 3.28. The zero-order valence-corrected chi connectivity index (χ0v) is 14.3. The molecule has 4 rings (SSSR count). The first-order valence-electron chi connectivity index (χ1n) is 8.41. The molecule has 3 heterocycles. The summed E-state index contributed by atoms with van der Waals surface area (Å²) in [5.41, 5.74) is 2.91. The Balaban J connectivity index is 1.56. The van der Waals surface area contributed by atoms with E-state index < -0.39 is 0 Å². The Morgan fingerprint density at radius 3 is 3.08 bits per heavy atom. The van der Waals surface area contributed by atoms with Crippen LogP contribution in [0.15, 0.2) is 42.6 Å². The largest absolute Gasteiger partial charge is 0.473 e. The highest BCUT2D eigenvalue weighted by atomic mass is 32.2. The van der Waals surface area contributed by atoms with E-state index in [0.717, 1.165) is 43.0 Å². The number of thioether (sulfide) groups is 1. The number of fused-ring (bicyclic) bond motifs is 1. The van der Waals surface area contributed by atoms with E-state index in [1.165, 1.54) is 5.56 Å². The number of carbonyl (C=O) groups excluding carboxylic acids is 1. The molecule has 24 heavy (non-hydrogen) atoms. The summed E-state index contributed by atoms with van der Waals surface area (Å²) in [6, 6.07) is 11.7. The summed E-state index contributed by atoms with van der Waals surface area (Å²) in [6.45, 7) is 0.758. The molecule has 0 aliphatic carbocycles. The summed E-state index contributed by atoms with van der Waals surface area (Å²) in [4.78, 5) is 19.1. The van der Waals surface area contributed by atoms with Crippen LogP contribution in [0.3, 0.4) is 0 Å². The van der Waals surface area contributed by atoms with Crippen LogP contribution in [0, 0.1) is 0 Å². The summed E-state index contributed by atoms with van der Waals surface area (Å²) in [5, 5.41) is 0. The number of aromatic nitrogens is 1. The number of carbonyl (C=O) groups is 1. The van der Waals surface area contributed by atoms with Crippen LogP contribution in [0.4, 0.5) is 5.69 Å². The zero-order chi connectivity index (χ0) is 16.4. The number of hydrogen-bond acceptors (Lipinski definition) is 4. The quantitative estimate of drug-likeness (QED) is 0.857. The Labute approximate surface area is 146 Å². The van der Waals surface area contributed by atoms with Crippen molar-refractivity contribution in [3.8, 4) is 5.88 Å². The summed E-state index contributed by atoms with van der Waals surface area (Å²) in [5.74, 6) is 2.71. The van der Waals surface area contributed by atoms with Gasteiger partial charge in [-0.05, 0) is 42.7 Å². The van der Waals surface area contributed by atoms with Crippen molar-refractivity contribution in [1.29, 1.82) is 0 Å². The molecule has 1 aromatic carbocycles. The fourth-order valence-corrected chi connectivity index (χ4v) is 4.38. The minimum absolute atomic E-state index is 0.0233. The SMILES string of the molecule is O=C(c1ccnc(OC2CCSC2)c1)N1CCCc2ccccc21. The van der Waals surface area contributed by atoms with Crippen molar-refractivity contribution in [2.45, 2.75) is 25.4 Å². The number of pyridine rings is 1. The van der Waals surface area contributed by atoms with Gasteiger partial charge in [-0.1, -0.05) is 18.2 Å². The first kappa shape index (κ1) is 15.5. The van der Waals surface area contributed by atoms with Gasteiger partial charge in [-0.3, -0.25) is 4.79 Å². The first-order valence-corrected chi connectivity index (χ1v) is 9.57. The summed E-state index contributed by atoms with van der Waals surface area (Å²) >= 11 is 1.90. The van der Waals surface area contributed by atoms with Crippen molar-refractivity contribution in [3.63, 3.8) is 0 Å². The van der Waals surface area contributed by atoms with E-state index in [1.807, 2.05) is 34.9 Å². The first-order chi connectivity index (χ1) is 11.8. The maximum absolute atomic E-state index is 13.0. The van der Waals surface area contributed by atoms with Gasteiger partial charge >= 0.3 is 0 Å². The van der Waals surface area contributed by atoms with Crippen LogP contribution in [-0.4, -0.2) is 35.0 Å². The van der Waals surface area contributed by atoms with E-state index in [-0.39, 0.29) is 12.0 Å². The highest BCUT2D eigenvalue weighted by molar-refractivity contribution is 7.99. The number of rotatable bonds is 3. The fraction of sp³-hybridized carbons (Fsp3) is 0.368. The molecule has 4 nitrogen and oxygen atoms in total. The smallest absolute Gasteiger partial charge is 0.258 e. The topological polar surface area (TPSA) is 42.4 Å². The molecule has 2 aliphatic rings. The molecule has 0 saturated carbocycles. The van der Waals surface area contributed by atoms with Gasteiger partial charge in [0.15, 0.2) is 0 Å². The monoisotopic (exact) mass is 340 g/mol. The second-order valence-corrected chi connectivity index (χ2v) is 7.33. The Bertz CT molecular complexity index is 744. The molecule has 2 aromatic rings. The maximum Gasteiger partial charge on any atom is 0.258 e. The number of nitrogens with zero attached hydrogens (tertiary/aromatic N) is 2. The minimum atomic E-state index is 0.0233. The molecule has 124 valence electrons. The third-order valence-corrected chi connectivity index (χ3v) is 5.64. The van der Waals surface area contributed by atoms with Gasteiger partial charge in [0.1, 0.15) is 6.10 Å². The lowest BCUT2D eigenvalue weighted by Gasteiger charge is -2.29. The average Bonchev–Trinajstić information content (AvgIpc) is 3.14. The van der Waals surface area contributed by atoms with Crippen LogP contribution >= 0.6 is 11.8 Å². The van der Waals surface area contributed by atoms with Crippen LogP contribution in [0.5, 0.6) is 5.88 Å². The van der Waals surface area contributed by atoms with Crippen LogP contribution < -0.4 is 9.64 Å². The summed E-state index contributed by atoms with van der Waals surface area (Å²) < 4.78 is 5.92. The number of anilines is 1. The van der Waals surface area contributed by atoms with Gasteiger partial charge in [-0.2, -0.15) is 11.8 Å². The van der Waals surface area contributed by atoms with Gasteiger partial charge in [0, 0.05) is 35.8 Å². The second kappa shape index (κ2) is 6.85. The van der Waals surface area contributed by atoms with Crippen molar-refractivity contribution in [1.82, 2.24) is 4.98 Å². The molecular formula is C19H20N2O2S. The van der Waals surface area contributed by atoms with Gasteiger partial charge in [0.2, 0.25) is 5.88 Å². The molecule has 0 radical (unpaired) electrons. The molecule has 1 fully saturated rings. The molecule has 1 aromatic heterocycles. The number of ether oxygens (including phenoxy) is 1. The zero-order valence-electron chi connectivity index (χ0n) is 13.5. The third kappa shape index (κ3) is 3.13. The van der Waals surface area contributed by atoms with E-state index in [2.05, 4.69) is 11.1 Å². The summed E-state index contributed by atoms with van der Waals surface area (Å²) in [6.07, 6.45) is 4.95. The Morgan fingerprint density at radius 1 is 1.29 bits per heavy atom. The lowest BCUT2D eigenvalue weighted by atomic mass is 10.0. The molecule has 0 bridgehead atoms. The standard InChI is InChI=1S/C19H20N2O2S/c22-19(21-10-3-5-14-4-1-2-6-17(14)21)15-7-9-20-18(12-15)23-16-8-11-24-13-16/h1-2,4,6-7,9,12,16H,3,5,8,10-11,13H2. The molecule has 0 spiro atoms. The number of aryl methyl sites for hydroxylation is 1. The third-order valence-electron chi connectivity index (χ3n) is 4.51. The van der Waals surface area contributed by atoms with Crippen molar-refractivity contribution in [2.75, 3.05) is 23.0 Å². The number of hydrogen-bond donors (Lipinski definition) is 0. The van der Waals surface area contributed by atoms with E-state index in [0.29, 0.717) is 11.4 Å². The normalized spacial score (nSPS) is 19.8. The van der Waals surface area contributed by atoms with Crippen LogP contribution in [0.1, 0.15) is 28.8 Å². The molecule has 0 N–H and O–H groups in total. The van der Waals surface area contributed by atoms with Crippen molar-refractivity contribution in [2.24, 2.45) is 0 Å². The van der Waals surface area contributed by atoms with Crippen LogP contribution in [0.2, 0.25) is 0 Å². The van der Waals surface area contributed by atoms with E-state index in [4.69, 9.17) is 4.74 Å². The Hall–Kier alpha value is -2.01. The highest BCUT2D eigenvalue weighted by Crippen LogP contribution is 2.29. The van der Waals surface area contributed by atoms with Crippen molar-refractivity contribution >= 4 is 23.4 Å². The van der Waals surface area contributed by atoms with Crippen LogP contribution in [-0.2, 0) is 6.42 Å². The van der Waals surface area contributed by atoms with Crippen molar-refractivity contribution < 1.29 is 9.53 Å². The molecular weight excluding hydrogens is 320 g/mol. The molecule has 5 heteroatoms. The average molecular weight is 340 g/mol. The molecule has 1 amide bonds. The highest BCUT2D eigenvalue weighted by Gasteiger charge is 2.24. The van der Waals surface area contributed by atoms with Gasteiger partial charge in [0.25, 0.3) is 5.91 Å². The minimum Gasteiger partial charge on any atom is -0.473 e. The van der Waals surface area contributed by atoms with Crippen LogP contribution in [0.25, 0.3) is 0 Å². The van der Waals surface area contributed by atoms with Gasteiger partial charge in [-0.15, -0.1) is 0 Å². The molecule has 1 unspecified atom stereocenters. The van der Waals surface area contributed by atoms with Gasteiger partial charge in [0.05, 0.1) is 0 Å². The van der Waals surface area contributed by atoms with E-state index >= 15 is 0 Å².